The first-order chi connectivity index (χ1) is 10.1. The lowest BCUT2D eigenvalue weighted by Gasteiger charge is -2.21. The van der Waals surface area contributed by atoms with Crippen LogP contribution in [-0.4, -0.2) is 18.0 Å². The van der Waals surface area contributed by atoms with Gasteiger partial charge in [-0.1, -0.05) is 12.1 Å². The minimum Gasteiger partial charge on any atom is -0.465 e. The molecule has 0 saturated carbocycles. The summed E-state index contributed by atoms with van der Waals surface area (Å²) in [6.45, 7) is 0. The fraction of sp³-hybridized carbons (Fsp3) is 0.0714. The van der Waals surface area contributed by atoms with Crippen molar-refractivity contribution in [2.24, 2.45) is 0 Å². The molecule has 0 saturated heterocycles. The van der Waals surface area contributed by atoms with E-state index in [2.05, 4.69) is 10.1 Å². The molecule has 0 radical (unpaired) electrons. The van der Waals surface area contributed by atoms with Gasteiger partial charge in [0.15, 0.2) is 11.5 Å². The number of nitro benzene ring substituents is 1. The molecule has 106 valence electrons. The highest BCUT2D eigenvalue weighted by Gasteiger charge is 2.27. The number of carbonyl (C=O) groups excluding carboxylic acids is 1. The average molecular weight is 286 g/mol. The Kier molecular flexibility index (Phi) is 2.94. The number of hydrogen-bond acceptors (Lipinski definition) is 6. The SMILES string of the molecule is COC(=O)c1cc2c(cc1[N+](=O)[O-])Nc1ccccc1O2. The van der Waals surface area contributed by atoms with Crippen LogP contribution in [0.25, 0.3) is 0 Å². The number of para-hydroxylation sites is 2. The van der Waals surface area contributed by atoms with Crippen LogP contribution in [-0.2, 0) is 4.74 Å². The highest BCUT2D eigenvalue weighted by atomic mass is 16.6. The Bertz CT molecular complexity index is 757. The van der Waals surface area contributed by atoms with E-state index in [9.17, 15) is 14.9 Å². The number of methoxy groups -OCH3 is 1. The van der Waals surface area contributed by atoms with Crippen molar-refractivity contribution in [3.63, 3.8) is 0 Å². The zero-order valence-corrected chi connectivity index (χ0v) is 11.0. The van der Waals surface area contributed by atoms with Crippen molar-refractivity contribution in [1.82, 2.24) is 0 Å². The molecule has 0 spiro atoms. The third-order valence-corrected chi connectivity index (χ3v) is 3.08. The second kappa shape index (κ2) is 4.78. The van der Waals surface area contributed by atoms with Crippen LogP contribution in [0.2, 0.25) is 0 Å². The van der Waals surface area contributed by atoms with Crippen molar-refractivity contribution < 1.29 is 19.2 Å². The average Bonchev–Trinajstić information content (AvgIpc) is 2.50. The van der Waals surface area contributed by atoms with Gasteiger partial charge in [-0.05, 0) is 12.1 Å². The van der Waals surface area contributed by atoms with Crippen molar-refractivity contribution in [2.45, 2.75) is 0 Å². The number of fused-ring (bicyclic) bond motifs is 2. The third kappa shape index (κ3) is 2.14. The van der Waals surface area contributed by atoms with Crippen LogP contribution >= 0.6 is 0 Å². The Hall–Kier alpha value is -3.09. The number of anilines is 2. The first-order valence-corrected chi connectivity index (χ1v) is 6.05. The molecule has 1 N–H and O–H groups in total. The summed E-state index contributed by atoms with van der Waals surface area (Å²) in [4.78, 5) is 22.1. The second-order valence-electron chi connectivity index (χ2n) is 4.34. The van der Waals surface area contributed by atoms with Gasteiger partial charge in [0.2, 0.25) is 0 Å². The van der Waals surface area contributed by atoms with Gasteiger partial charge in [0.25, 0.3) is 5.69 Å². The van der Waals surface area contributed by atoms with Gasteiger partial charge in [-0.2, -0.15) is 0 Å². The van der Waals surface area contributed by atoms with E-state index in [1.807, 2.05) is 6.07 Å². The van der Waals surface area contributed by atoms with Gasteiger partial charge in [-0.3, -0.25) is 10.1 Å². The number of ether oxygens (including phenoxy) is 2. The molecule has 2 aromatic carbocycles. The van der Waals surface area contributed by atoms with Crippen molar-refractivity contribution >= 4 is 23.0 Å². The predicted octanol–water partition coefficient (Wildman–Crippen LogP) is 3.23. The minimum atomic E-state index is -0.785. The number of nitro groups is 1. The molecule has 0 unspecified atom stereocenters. The summed E-state index contributed by atoms with van der Waals surface area (Å²) in [5, 5.41) is 14.1. The lowest BCUT2D eigenvalue weighted by Crippen LogP contribution is -2.09. The first-order valence-electron chi connectivity index (χ1n) is 6.05. The molecule has 0 amide bonds. The number of nitrogens with one attached hydrogen (secondary N) is 1. The van der Waals surface area contributed by atoms with E-state index in [1.54, 1.807) is 18.2 Å². The number of rotatable bonds is 2. The highest BCUT2D eigenvalue weighted by Crippen LogP contribution is 2.44. The second-order valence-corrected chi connectivity index (χ2v) is 4.34. The number of hydrogen-bond donors (Lipinski definition) is 1. The van der Waals surface area contributed by atoms with Crippen LogP contribution in [0.3, 0.4) is 0 Å². The Balaban J connectivity index is 2.13. The third-order valence-electron chi connectivity index (χ3n) is 3.08. The standard InChI is InChI=1S/C14H10N2O5/c1-20-14(17)8-6-13-10(7-11(8)16(18)19)15-9-4-2-3-5-12(9)21-13/h2-7,15H,1H3. The van der Waals surface area contributed by atoms with Crippen LogP contribution in [0.15, 0.2) is 36.4 Å². The number of nitrogens with zero attached hydrogens (tertiary/aromatic N) is 1. The van der Waals surface area contributed by atoms with E-state index in [0.29, 0.717) is 22.9 Å². The Morgan fingerprint density at radius 1 is 1.24 bits per heavy atom. The lowest BCUT2D eigenvalue weighted by atomic mass is 10.1. The first kappa shape index (κ1) is 12.9. The van der Waals surface area contributed by atoms with Crippen LogP contribution in [0.5, 0.6) is 11.5 Å². The van der Waals surface area contributed by atoms with Gasteiger partial charge in [0, 0.05) is 12.1 Å². The molecule has 2 aromatic rings. The molecular weight excluding hydrogens is 276 g/mol. The van der Waals surface area contributed by atoms with Gasteiger partial charge in [-0.25, -0.2) is 4.79 Å². The minimum absolute atomic E-state index is 0.151. The van der Waals surface area contributed by atoms with Crippen molar-refractivity contribution in [2.75, 3.05) is 12.4 Å². The van der Waals surface area contributed by atoms with Gasteiger partial charge >= 0.3 is 5.97 Å². The molecule has 3 rings (SSSR count). The summed E-state index contributed by atoms with van der Waals surface area (Å²) < 4.78 is 10.2. The summed E-state index contributed by atoms with van der Waals surface area (Å²) in [5.41, 5.74) is 0.636. The van der Waals surface area contributed by atoms with E-state index < -0.39 is 10.9 Å². The van der Waals surface area contributed by atoms with E-state index in [0.717, 1.165) is 0 Å². The monoisotopic (exact) mass is 286 g/mol. The molecule has 0 atom stereocenters. The maximum Gasteiger partial charge on any atom is 0.345 e. The molecule has 1 aliphatic rings. The maximum atomic E-state index is 11.7. The molecule has 7 nitrogen and oxygen atoms in total. The van der Waals surface area contributed by atoms with Crippen molar-refractivity contribution in [3.8, 4) is 11.5 Å². The Morgan fingerprint density at radius 2 is 2.00 bits per heavy atom. The molecule has 1 heterocycles. The predicted molar refractivity (Wildman–Crippen MR) is 74.2 cm³/mol. The van der Waals surface area contributed by atoms with E-state index in [-0.39, 0.29) is 11.3 Å². The fourth-order valence-electron chi connectivity index (χ4n) is 2.10. The number of esters is 1. The smallest absolute Gasteiger partial charge is 0.345 e. The van der Waals surface area contributed by atoms with Crippen LogP contribution in [0.1, 0.15) is 10.4 Å². The molecule has 21 heavy (non-hydrogen) atoms. The van der Waals surface area contributed by atoms with Crippen molar-refractivity contribution in [1.29, 1.82) is 0 Å². The summed E-state index contributed by atoms with van der Waals surface area (Å²) in [7, 11) is 1.17. The molecule has 1 aliphatic heterocycles. The quantitative estimate of drug-likeness (QED) is 0.442. The van der Waals surface area contributed by atoms with E-state index >= 15 is 0 Å². The molecular formula is C14H10N2O5. The maximum absolute atomic E-state index is 11.7. The Labute approximate surface area is 119 Å². The van der Waals surface area contributed by atoms with Crippen LogP contribution < -0.4 is 10.1 Å². The van der Waals surface area contributed by atoms with Gasteiger partial charge in [0.1, 0.15) is 5.56 Å². The number of benzene rings is 2. The van der Waals surface area contributed by atoms with E-state index in [4.69, 9.17) is 4.74 Å². The molecule has 0 fully saturated rings. The lowest BCUT2D eigenvalue weighted by molar-refractivity contribution is -0.385. The molecule has 0 aliphatic carbocycles. The summed E-state index contributed by atoms with van der Waals surface area (Å²) in [5.74, 6) is 0.126. The van der Waals surface area contributed by atoms with Gasteiger partial charge < -0.3 is 14.8 Å². The van der Waals surface area contributed by atoms with Crippen molar-refractivity contribution in [3.05, 3.63) is 52.1 Å². The van der Waals surface area contributed by atoms with Gasteiger partial charge in [-0.15, -0.1) is 0 Å². The fourth-order valence-corrected chi connectivity index (χ4v) is 2.10. The topological polar surface area (TPSA) is 90.7 Å². The summed E-state index contributed by atoms with van der Waals surface area (Å²) in [6.07, 6.45) is 0. The molecule has 7 heteroatoms. The van der Waals surface area contributed by atoms with Crippen LogP contribution in [0, 0.1) is 10.1 Å². The molecule has 0 bridgehead atoms. The number of carbonyl (C=O) groups is 1. The normalized spacial score (nSPS) is 11.5. The van der Waals surface area contributed by atoms with Gasteiger partial charge in [0.05, 0.1) is 23.4 Å². The molecule has 0 aromatic heterocycles. The summed E-state index contributed by atoms with van der Waals surface area (Å²) >= 11 is 0. The van der Waals surface area contributed by atoms with E-state index in [1.165, 1.54) is 19.2 Å². The van der Waals surface area contributed by atoms with Crippen LogP contribution in [0.4, 0.5) is 17.1 Å². The summed E-state index contributed by atoms with van der Waals surface area (Å²) in [6, 6.07) is 9.73. The zero-order chi connectivity index (χ0) is 15.0. The zero-order valence-electron chi connectivity index (χ0n) is 11.0. The Morgan fingerprint density at radius 3 is 2.71 bits per heavy atom. The highest BCUT2D eigenvalue weighted by molar-refractivity contribution is 5.96. The largest absolute Gasteiger partial charge is 0.465 e.